The maximum atomic E-state index is 13.7. The van der Waals surface area contributed by atoms with E-state index in [0.717, 1.165) is 27.3 Å². The van der Waals surface area contributed by atoms with Gasteiger partial charge in [-0.2, -0.15) is 0 Å². The lowest BCUT2D eigenvalue weighted by atomic mass is 10.1. The van der Waals surface area contributed by atoms with E-state index >= 15 is 0 Å². The molecule has 3 amide bonds. The second kappa shape index (κ2) is 17.0. The van der Waals surface area contributed by atoms with E-state index in [1.165, 1.54) is 11.8 Å². The number of carbonyl (C=O) groups is 3. The van der Waals surface area contributed by atoms with Gasteiger partial charge in [0.15, 0.2) is 0 Å². The number of para-hydroxylation sites is 1. The molecule has 5 aromatic carbocycles. The lowest BCUT2D eigenvalue weighted by molar-refractivity contribution is -0.116. The second-order valence-corrected chi connectivity index (χ2v) is 12.8. The van der Waals surface area contributed by atoms with Gasteiger partial charge in [-0.05, 0) is 91.1 Å². The first-order valence-electron chi connectivity index (χ1n) is 16.1. The van der Waals surface area contributed by atoms with Crippen LogP contribution in [0.15, 0.2) is 138 Å². The number of amides is 3. The van der Waals surface area contributed by atoms with Crippen LogP contribution in [-0.2, 0) is 16.2 Å². The first-order chi connectivity index (χ1) is 23.8. The molecule has 7 nitrogen and oxygen atoms in total. The van der Waals surface area contributed by atoms with Gasteiger partial charge in [0.05, 0.1) is 5.25 Å². The Morgan fingerprint density at radius 1 is 0.755 bits per heavy atom. The van der Waals surface area contributed by atoms with E-state index in [4.69, 9.17) is 4.74 Å². The number of nitrogens with one attached hydrogen (secondary N) is 3. The summed E-state index contributed by atoms with van der Waals surface area (Å²) in [5.41, 5.74) is 5.64. The van der Waals surface area contributed by atoms with Crippen LogP contribution in [0, 0.1) is 13.8 Å². The molecule has 8 heteroatoms. The molecular weight excluding hydrogens is 631 g/mol. The number of thioether (sulfide) groups is 1. The van der Waals surface area contributed by atoms with E-state index in [9.17, 15) is 14.4 Å². The van der Waals surface area contributed by atoms with Gasteiger partial charge >= 0.3 is 0 Å². The van der Waals surface area contributed by atoms with Crippen LogP contribution >= 0.6 is 11.8 Å². The molecule has 0 radical (unpaired) electrons. The van der Waals surface area contributed by atoms with Crippen LogP contribution in [0.1, 0.15) is 46.0 Å². The summed E-state index contributed by atoms with van der Waals surface area (Å²) < 4.78 is 5.91. The maximum absolute atomic E-state index is 13.7. The van der Waals surface area contributed by atoms with Crippen molar-refractivity contribution in [2.24, 2.45) is 0 Å². The first-order valence-corrected chi connectivity index (χ1v) is 17.0. The minimum absolute atomic E-state index is 0.0734. The number of ether oxygens (including phenoxy) is 1. The molecule has 0 aromatic heterocycles. The smallest absolute Gasteiger partial charge is 0.272 e. The van der Waals surface area contributed by atoms with Crippen LogP contribution in [0.2, 0.25) is 0 Å². The molecule has 0 heterocycles. The summed E-state index contributed by atoms with van der Waals surface area (Å²) in [4.78, 5) is 40.9. The monoisotopic (exact) mass is 669 g/mol. The molecule has 3 N–H and O–H groups in total. The summed E-state index contributed by atoms with van der Waals surface area (Å²) in [6, 6.07) is 39.2. The van der Waals surface area contributed by atoms with Gasteiger partial charge in [0.2, 0.25) is 5.91 Å². The SMILES string of the molecule is CCC(Sc1cccc(NC(=O)/C(=C\c2ccc(OCc3ccccc3)cc2)NC(=O)c2ccccc2)c1)C(=O)Nc1c(C)cccc1C. The summed E-state index contributed by atoms with van der Waals surface area (Å²) in [6.45, 7) is 6.36. The zero-order valence-electron chi connectivity index (χ0n) is 27.7. The number of hydrogen-bond acceptors (Lipinski definition) is 5. The predicted octanol–water partition coefficient (Wildman–Crippen LogP) is 8.80. The molecule has 5 rings (SSSR count). The molecule has 0 saturated carbocycles. The second-order valence-electron chi connectivity index (χ2n) is 11.5. The highest BCUT2D eigenvalue weighted by molar-refractivity contribution is 8.00. The summed E-state index contributed by atoms with van der Waals surface area (Å²) in [5.74, 6) is -0.294. The van der Waals surface area contributed by atoms with Crippen molar-refractivity contribution in [1.82, 2.24) is 5.32 Å². The number of anilines is 2. The van der Waals surface area contributed by atoms with Crippen molar-refractivity contribution in [3.05, 3.63) is 161 Å². The summed E-state index contributed by atoms with van der Waals surface area (Å²) in [5, 5.41) is 8.47. The largest absolute Gasteiger partial charge is 0.489 e. The maximum Gasteiger partial charge on any atom is 0.272 e. The fourth-order valence-corrected chi connectivity index (χ4v) is 6.07. The summed E-state index contributed by atoms with van der Waals surface area (Å²) in [6.07, 6.45) is 2.24. The van der Waals surface area contributed by atoms with Crippen molar-refractivity contribution in [3.8, 4) is 5.75 Å². The van der Waals surface area contributed by atoms with Gasteiger partial charge in [0.1, 0.15) is 18.1 Å². The van der Waals surface area contributed by atoms with E-state index in [0.29, 0.717) is 35.6 Å². The first kappa shape index (κ1) is 34.7. The Kier molecular flexibility index (Phi) is 12.0. The molecule has 0 bridgehead atoms. The van der Waals surface area contributed by atoms with E-state index in [-0.39, 0.29) is 16.9 Å². The average Bonchev–Trinajstić information content (AvgIpc) is 3.12. The minimum atomic E-state index is -0.490. The number of aryl methyl sites for hydroxylation is 2. The van der Waals surface area contributed by atoms with Crippen LogP contribution in [0.4, 0.5) is 11.4 Å². The van der Waals surface area contributed by atoms with Crippen molar-refractivity contribution >= 4 is 46.9 Å². The third kappa shape index (κ3) is 9.95. The fraction of sp³-hybridized carbons (Fsp3) is 0.146. The Morgan fingerprint density at radius 2 is 1.41 bits per heavy atom. The van der Waals surface area contributed by atoms with Crippen LogP contribution in [0.3, 0.4) is 0 Å². The average molecular weight is 670 g/mol. The standard InChI is InChI=1S/C41H39N3O4S/c1-4-37(41(47)44-38-28(2)13-11-14-29(38)3)49-35-20-12-19-33(26-35)42-40(46)36(43-39(45)32-17-9-6-10-18-32)25-30-21-23-34(24-22-30)48-27-31-15-7-5-8-16-31/h5-26,37H,4,27H2,1-3H3,(H,42,46)(H,43,45)(H,44,47)/b36-25+. The van der Waals surface area contributed by atoms with Crippen molar-refractivity contribution in [1.29, 1.82) is 0 Å². The van der Waals surface area contributed by atoms with Gasteiger partial charge in [-0.15, -0.1) is 11.8 Å². The molecule has 0 saturated heterocycles. The lowest BCUT2D eigenvalue weighted by Crippen LogP contribution is -2.30. The number of benzene rings is 5. The van der Waals surface area contributed by atoms with Crippen molar-refractivity contribution < 1.29 is 19.1 Å². The Balaban J connectivity index is 1.30. The van der Waals surface area contributed by atoms with Crippen molar-refractivity contribution in [2.45, 2.75) is 43.9 Å². The molecular formula is C41H39N3O4S. The summed E-state index contributed by atoms with van der Waals surface area (Å²) in [7, 11) is 0. The molecule has 0 aliphatic rings. The molecule has 248 valence electrons. The van der Waals surface area contributed by atoms with Crippen LogP contribution < -0.4 is 20.7 Å². The third-order valence-electron chi connectivity index (χ3n) is 7.73. The van der Waals surface area contributed by atoms with Gasteiger partial charge in [0.25, 0.3) is 11.8 Å². The fourth-order valence-electron chi connectivity index (χ4n) is 5.06. The van der Waals surface area contributed by atoms with Crippen molar-refractivity contribution in [3.63, 3.8) is 0 Å². The molecule has 0 fully saturated rings. The highest BCUT2D eigenvalue weighted by Gasteiger charge is 2.20. The predicted molar refractivity (Wildman–Crippen MR) is 199 cm³/mol. The highest BCUT2D eigenvalue weighted by Crippen LogP contribution is 2.30. The normalized spacial score (nSPS) is 11.7. The lowest BCUT2D eigenvalue weighted by Gasteiger charge is -2.18. The van der Waals surface area contributed by atoms with E-state index in [1.807, 2.05) is 118 Å². The number of rotatable bonds is 13. The number of hydrogen-bond donors (Lipinski definition) is 3. The molecule has 0 aliphatic carbocycles. The molecule has 0 aliphatic heterocycles. The molecule has 0 spiro atoms. The van der Waals surface area contributed by atoms with Crippen molar-refractivity contribution in [2.75, 3.05) is 10.6 Å². The minimum Gasteiger partial charge on any atom is -0.489 e. The topological polar surface area (TPSA) is 96.5 Å². The Bertz CT molecular complexity index is 1910. The Hall–Kier alpha value is -5.60. The summed E-state index contributed by atoms with van der Waals surface area (Å²) >= 11 is 1.43. The Labute approximate surface area is 291 Å². The van der Waals surface area contributed by atoms with Gasteiger partial charge in [-0.1, -0.05) is 91.9 Å². The van der Waals surface area contributed by atoms with E-state index in [2.05, 4.69) is 16.0 Å². The van der Waals surface area contributed by atoms with Gasteiger partial charge in [0, 0.05) is 21.8 Å². The van der Waals surface area contributed by atoms with Gasteiger partial charge in [-0.25, -0.2) is 0 Å². The highest BCUT2D eigenvalue weighted by atomic mass is 32.2. The van der Waals surface area contributed by atoms with Crippen LogP contribution in [0.5, 0.6) is 5.75 Å². The number of carbonyl (C=O) groups excluding carboxylic acids is 3. The van der Waals surface area contributed by atoms with Gasteiger partial charge in [-0.3, -0.25) is 14.4 Å². The molecule has 1 atom stereocenters. The zero-order valence-corrected chi connectivity index (χ0v) is 28.6. The van der Waals surface area contributed by atoms with Gasteiger partial charge < -0.3 is 20.7 Å². The zero-order chi connectivity index (χ0) is 34.6. The third-order valence-corrected chi connectivity index (χ3v) is 9.09. The quantitative estimate of drug-likeness (QED) is 0.0860. The van der Waals surface area contributed by atoms with Crippen LogP contribution in [-0.4, -0.2) is 23.0 Å². The van der Waals surface area contributed by atoms with E-state index < -0.39 is 11.8 Å². The Morgan fingerprint density at radius 3 is 2.08 bits per heavy atom. The molecule has 1 unspecified atom stereocenters. The molecule has 5 aromatic rings. The van der Waals surface area contributed by atoms with Crippen LogP contribution in [0.25, 0.3) is 6.08 Å². The molecule has 49 heavy (non-hydrogen) atoms. The van der Waals surface area contributed by atoms with E-state index in [1.54, 1.807) is 36.4 Å².